The predicted molar refractivity (Wildman–Crippen MR) is 134 cm³/mol. The molecule has 0 saturated heterocycles. The Labute approximate surface area is 201 Å². The summed E-state index contributed by atoms with van der Waals surface area (Å²) in [5.41, 5.74) is 0.882. The summed E-state index contributed by atoms with van der Waals surface area (Å²) in [6.07, 6.45) is 4.10. The number of hydrogen-bond acceptors (Lipinski definition) is 6. The van der Waals surface area contributed by atoms with Crippen LogP contribution >= 0.6 is 24.4 Å². The van der Waals surface area contributed by atoms with Crippen LogP contribution in [0.15, 0.2) is 30.3 Å². The van der Waals surface area contributed by atoms with Gasteiger partial charge in [-0.2, -0.15) is 24.4 Å². The lowest BCUT2D eigenvalue weighted by Crippen LogP contribution is -2.57. The van der Waals surface area contributed by atoms with Crippen LogP contribution in [-0.4, -0.2) is 65.3 Å². The number of carboxylic acid groups (broad SMARTS) is 1. The Morgan fingerprint density at radius 2 is 1.75 bits per heavy atom. The van der Waals surface area contributed by atoms with Gasteiger partial charge in [0, 0.05) is 6.42 Å². The molecule has 0 spiro atoms. The first-order chi connectivity index (χ1) is 15.3. The summed E-state index contributed by atoms with van der Waals surface area (Å²) in [5.74, 6) is -0.433. The number of thioether (sulfide) groups is 1. The molecule has 7 nitrogen and oxygen atoms in total. The number of amides is 2. The van der Waals surface area contributed by atoms with Crippen LogP contribution in [0, 0.1) is 5.92 Å². The molecular formula is C23H37N3O4S2. The van der Waals surface area contributed by atoms with E-state index in [0.29, 0.717) is 24.5 Å². The lowest BCUT2D eigenvalue weighted by atomic mass is 9.97. The molecule has 0 unspecified atom stereocenters. The third-order valence-electron chi connectivity index (χ3n) is 5.34. The van der Waals surface area contributed by atoms with E-state index in [1.165, 1.54) is 11.8 Å². The van der Waals surface area contributed by atoms with E-state index in [4.69, 9.17) is 0 Å². The van der Waals surface area contributed by atoms with E-state index in [-0.39, 0.29) is 18.2 Å². The Balaban J connectivity index is 3.01. The summed E-state index contributed by atoms with van der Waals surface area (Å²) in [5, 5.41) is 18.3. The number of aliphatic carboxylic acids is 1. The number of benzene rings is 1. The van der Waals surface area contributed by atoms with Crippen LogP contribution in [0.1, 0.15) is 38.7 Å². The first-order valence-electron chi connectivity index (χ1n) is 11.0. The highest BCUT2D eigenvalue weighted by Gasteiger charge is 2.30. The average Bonchev–Trinajstić information content (AvgIpc) is 2.78. The molecule has 1 rings (SSSR count). The Kier molecular flexibility index (Phi) is 14.2. The van der Waals surface area contributed by atoms with Crippen LogP contribution in [0.25, 0.3) is 0 Å². The van der Waals surface area contributed by atoms with Gasteiger partial charge in [-0.1, -0.05) is 50.6 Å². The lowest BCUT2D eigenvalue weighted by Gasteiger charge is -2.27. The number of carboxylic acids is 1. The second kappa shape index (κ2) is 16.0. The maximum atomic E-state index is 13.1. The summed E-state index contributed by atoms with van der Waals surface area (Å²) in [7, 11) is 0. The Morgan fingerprint density at radius 1 is 1.09 bits per heavy atom. The third kappa shape index (κ3) is 10.3. The zero-order chi connectivity index (χ0) is 23.9. The molecule has 0 aliphatic rings. The number of carbonyl (C=O) groups excluding carboxylic acids is 2. The molecular weight excluding hydrogens is 446 g/mol. The van der Waals surface area contributed by atoms with E-state index >= 15 is 0 Å². The van der Waals surface area contributed by atoms with Crippen molar-refractivity contribution in [3.05, 3.63) is 35.9 Å². The third-order valence-corrected chi connectivity index (χ3v) is 6.30. The first-order valence-corrected chi connectivity index (χ1v) is 13.1. The van der Waals surface area contributed by atoms with Gasteiger partial charge in [0.15, 0.2) is 0 Å². The molecule has 2 amide bonds. The van der Waals surface area contributed by atoms with Gasteiger partial charge in [0.05, 0.1) is 6.04 Å². The van der Waals surface area contributed by atoms with Gasteiger partial charge in [-0.25, -0.2) is 4.79 Å². The second-order valence-electron chi connectivity index (χ2n) is 7.83. The monoisotopic (exact) mass is 483 g/mol. The van der Waals surface area contributed by atoms with Crippen LogP contribution < -0.4 is 16.0 Å². The van der Waals surface area contributed by atoms with Crippen molar-refractivity contribution in [3.8, 4) is 0 Å². The molecule has 0 radical (unpaired) electrons. The van der Waals surface area contributed by atoms with Gasteiger partial charge >= 0.3 is 5.97 Å². The highest BCUT2D eigenvalue weighted by Crippen LogP contribution is 2.11. The molecule has 1 aromatic rings. The van der Waals surface area contributed by atoms with Crippen LogP contribution in [-0.2, 0) is 20.8 Å². The van der Waals surface area contributed by atoms with Crippen molar-refractivity contribution in [1.82, 2.24) is 16.0 Å². The summed E-state index contributed by atoms with van der Waals surface area (Å²) in [4.78, 5) is 37.8. The molecule has 0 aromatic heterocycles. The van der Waals surface area contributed by atoms with E-state index in [1.807, 2.05) is 50.4 Å². The number of rotatable bonds is 16. The largest absolute Gasteiger partial charge is 0.480 e. The van der Waals surface area contributed by atoms with Crippen LogP contribution in [0.3, 0.4) is 0 Å². The predicted octanol–water partition coefficient (Wildman–Crippen LogP) is 2.36. The quantitative estimate of drug-likeness (QED) is 0.183. The number of nitrogens with one attached hydrogen (secondary N) is 3. The topological polar surface area (TPSA) is 108 Å². The summed E-state index contributed by atoms with van der Waals surface area (Å²) >= 11 is 5.73. The van der Waals surface area contributed by atoms with Gasteiger partial charge in [-0.05, 0) is 48.6 Å². The van der Waals surface area contributed by atoms with E-state index < -0.39 is 30.0 Å². The summed E-state index contributed by atoms with van der Waals surface area (Å²) in [6, 6.07) is 7.06. The molecule has 0 heterocycles. The molecule has 180 valence electrons. The van der Waals surface area contributed by atoms with Crippen molar-refractivity contribution in [1.29, 1.82) is 0 Å². The van der Waals surface area contributed by atoms with Crippen LogP contribution in [0.4, 0.5) is 0 Å². The summed E-state index contributed by atoms with van der Waals surface area (Å²) in [6.45, 7) is 4.66. The van der Waals surface area contributed by atoms with Gasteiger partial charge in [-0.3, -0.25) is 9.59 Å². The van der Waals surface area contributed by atoms with Gasteiger partial charge in [0.2, 0.25) is 11.8 Å². The molecule has 0 aliphatic heterocycles. The number of thiol groups is 1. The van der Waals surface area contributed by atoms with Crippen molar-refractivity contribution in [2.75, 3.05) is 24.3 Å². The van der Waals surface area contributed by atoms with Crippen molar-refractivity contribution in [2.24, 2.45) is 5.92 Å². The highest BCUT2D eigenvalue weighted by molar-refractivity contribution is 7.98. The van der Waals surface area contributed by atoms with Crippen LogP contribution in [0.2, 0.25) is 0 Å². The van der Waals surface area contributed by atoms with E-state index in [2.05, 4.69) is 28.6 Å². The molecule has 0 aliphatic carbocycles. The molecule has 0 bridgehead atoms. The van der Waals surface area contributed by atoms with Gasteiger partial charge in [-0.15, -0.1) is 0 Å². The zero-order valence-corrected chi connectivity index (χ0v) is 20.9. The van der Waals surface area contributed by atoms with Crippen LogP contribution in [0.5, 0.6) is 0 Å². The Morgan fingerprint density at radius 3 is 2.31 bits per heavy atom. The molecule has 4 N–H and O–H groups in total. The summed E-state index contributed by atoms with van der Waals surface area (Å²) < 4.78 is 0. The molecule has 1 aromatic carbocycles. The second-order valence-corrected chi connectivity index (χ2v) is 9.26. The molecule has 0 fully saturated rings. The fourth-order valence-electron chi connectivity index (χ4n) is 3.21. The first kappa shape index (κ1) is 28.3. The van der Waals surface area contributed by atoms with Crippen molar-refractivity contribution < 1.29 is 19.5 Å². The number of carbonyl (C=O) groups is 3. The minimum Gasteiger partial charge on any atom is -0.480 e. The molecule has 4 atom stereocenters. The van der Waals surface area contributed by atoms with Gasteiger partial charge < -0.3 is 21.1 Å². The SMILES string of the molecule is CC[C@H](C)[C@H](NCCCS)C(=O)N[C@@H](Cc1ccccc1)C(=O)N[C@@H](CCSC)C(=O)O. The molecule has 0 saturated carbocycles. The van der Waals surface area contributed by atoms with E-state index in [0.717, 1.165) is 18.4 Å². The Bertz CT molecular complexity index is 706. The van der Waals surface area contributed by atoms with Crippen molar-refractivity contribution in [3.63, 3.8) is 0 Å². The van der Waals surface area contributed by atoms with Gasteiger partial charge in [0.25, 0.3) is 0 Å². The van der Waals surface area contributed by atoms with Gasteiger partial charge in [0.1, 0.15) is 12.1 Å². The van der Waals surface area contributed by atoms with E-state index in [1.54, 1.807) is 0 Å². The maximum Gasteiger partial charge on any atom is 0.326 e. The van der Waals surface area contributed by atoms with Crippen molar-refractivity contribution >= 4 is 42.2 Å². The highest BCUT2D eigenvalue weighted by atomic mass is 32.2. The van der Waals surface area contributed by atoms with Crippen molar-refractivity contribution in [2.45, 2.75) is 57.7 Å². The lowest BCUT2D eigenvalue weighted by molar-refractivity contribution is -0.142. The minimum atomic E-state index is -1.08. The van der Waals surface area contributed by atoms with E-state index in [9.17, 15) is 19.5 Å². The Hall–Kier alpha value is -1.71. The average molecular weight is 484 g/mol. The zero-order valence-electron chi connectivity index (χ0n) is 19.2. The fourth-order valence-corrected chi connectivity index (χ4v) is 3.84. The normalized spacial score (nSPS) is 14.8. The molecule has 32 heavy (non-hydrogen) atoms. The molecule has 9 heteroatoms. The number of hydrogen-bond donors (Lipinski definition) is 5. The maximum absolute atomic E-state index is 13.1. The minimum absolute atomic E-state index is 0.0729. The standard InChI is InChI=1S/C23H37N3O4S2/c1-4-16(2)20(24-12-8-13-31)22(28)26-19(15-17-9-6-5-7-10-17)21(27)25-18(23(29)30)11-14-32-3/h5-7,9-10,16,18-20,24,31H,4,8,11-15H2,1-3H3,(H,25,27)(H,26,28)(H,29,30)/t16-,18-,19-,20-/m0/s1. The smallest absolute Gasteiger partial charge is 0.326 e. The fraction of sp³-hybridized carbons (Fsp3) is 0.609.